The zero-order valence-electron chi connectivity index (χ0n) is 16.6. The van der Waals surface area contributed by atoms with Crippen LogP contribution in [-0.2, 0) is 16.1 Å². The van der Waals surface area contributed by atoms with Crippen molar-refractivity contribution in [3.05, 3.63) is 23.8 Å². The first-order valence-electron chi connectivity index (χ1n) is 9.07. The second kappa shape index (κ2) is 10.0. The standard InChI is InChI=1S/C19H29N3O5/c1-5-27-19(24)22-10-8-21(9-11-22)14-18(23)20(2)13-15-6-7-16(25-3)17(12-15)26-4/h6-7,12H,5,8-11,13-14H2,1-4H3. The zero-order chi connectivity index (χ0) is 19.8. The third-order valence-corrected chi connectivity index (χ3v) is 4.55. The van der Waals surface area contributed by atoms with Gasteiger partial charge < -0.3 is 24.0 Å². The van der Waals surface area contributed by atoms with Crippen molar-refractivity contribution >= 4 is 12.0 Å². The van der Waals surface area contributed by atoms with Gasteiger partial charge in [-0.3, -0.25) is 9.69 Å². The van der Waals surface area contributed by atoms with E-state index in [1.807, 2.05) is 18.2 Å². The Hall–Kier alpha value is -2.48. The monoisotopic (exact) mass is 379 g/mol. The smallest absolute Gasteiger partial charge is 0.409 e. The van der Waals surface area contributed by atoms with Crippen molar-refractivity contribution in [2.45, 2.75) is 13.5 Å². The third-order valence-electron chi connectivity index (χ3n) is 4.55. The summed E-state index contributed by atoms with van der Waals surface area (Å²) in [6.45, 7) is 5.46. The topological polar surface area (TPSA) is 71.6 Å². The second-order valence-electron chi connectivity index (χ2n) is 6.40. The van der Waals surface area contributed by atoms with E-state index >= 15 is 0 Å². The molecular weight excluding hydrogens is 350 g/mol. The molecule has 1 aromatic carbocycles. The zero-order valence-corrected chi connectivity index (χ0v) is 16.6. The summed E-state index contributed by atoms with van der Waals surface area (Å²) in [5.41, 5.74) is 0.968. The predicted molar refractivity (Wildman–Crippen MR) is 101 cm³/mol. The number of benzene rings is 1. The molecule has 0 atom stereocenters. The van der Waals surface area contributed by atoms with Crippen molar-refractivity contribution in [3.8, 4) is 11.5 Å². The average molecular weight is 379 g/mol. The number of rotatable bonds is 7. The number of likely N-dealkylation sites (N-methyl/N-ethyl adjacent to an activating group) is 1. The number of amides is 2. The van der Waals surface area contributed by atoms with Gasteiger partial charge >= 0.3 is 6.09 Å². The molecule has 0 unspecified atom stereocenters. The van der Waals surface area contributed by atoms with E-state index in [4.69, 9.17) is 14.2 Å². The van der Waals surface area contributed by atoms with Crippen LogP contribution in [0.25, 0.3) is 0 Å². The van der Waals surface area contributed by atoms with Crippen molar-refractivity contribution in [2.75, 3.05) is 60.6 Å². The molecule has 0 aliphatic carbocycles. The van der Waals surface area contributed by atoms with Gasteiger partial charge in [0.2, 0.25) is 5.91 Å². The average Bonchev–Trinajstić information content (AvgIpc) is 2.68. The van der Waals surface area contributed by atoms with Gasteiger partial charge in [-0.1, -0.05) is 6.07 Å². The van der Waals surface area contributed by atoms with Crippen LogP contribution in [0, 0.1) is 0 Å². The predicted octanol–water partition coefficient (Wildman–Crippen LogP) is 1.44. The van der Waals surface area contributed by atoms with Gasteiger partial charge in [0.15, 0.2) is 11.5 Å². The number of hydrogen-bond donors (Lipinski definition) is 0. The summed E-state index contributed by atoms with van der Waals surface area (Å²) in [6.07, 6.45) is -0.283. The Morgan fingerprint density at radius 1 is 1.07 bits per heavy atom. The molecule has 0 radical (unpaired) electrons. The molecule has 0 bridgehead atoms. The van der Waals surface area contributed by atoms with Gasteiger partial charge in [0, 0.05) is 39.8 Å². The van der Waals surface area contributed by atoms with E-state index < -0.39 is 0 Å². The largest absolute Gasteiger partial charge is 0.493 e. The van der Waals surface area contributed by atoms with E-state index in [2.05, 4.69) is 4.90 Å². The quantitative estimate of drug-likeness (QED) is 0.714. The van der Waals surface area contributed by atoms with E-state index in [-0.39, 0.29) is 12.0 Å². The molecular formula is C19H29N3O5. The highest BCUT2D eigenvalue weighted by atomic mass is 16.6. The van der Waals surface area contributed by atoms with Crippen LogP contribution in [-0.4, -0.2) is 87.3 Å². The number of methoxy groups -OCH3 is 2. The fraction of sp³-hybridized carbons (Fsp3) is 0.579. The lowest BCUT2D eigenvalue weighted by molar-refractivity contribution is -0.132. The van der Waals surface area contributed by atoms with Gasteiger partial charge in [0.25, 0.3) is 0 Å². The fourth-order valence-corrected chi connectivity index (χ4v) is 2.96. The Labute approximate surface area is 160 Å². The van der Waals surface area contributed by atoms with Crippen molar-refractivity contribution < 1.29 is 23.8 Å². The number of piperazine rings is 1. The van der Waals surface area contributed by atoms with E-state index in [0.29, 0.717) is 57.4 Å². The maximum Gasteiger partial charge on any atom is 0.409 e. The summed E-state index contributed by atoms with van der Waals surface area (Å²) in [7, 11) is 4.97. The second-order valence-corrected chi connectivity index (χ2v) is 6.40. The minimum atomic E-state index is -0.283. The Morgan fingerprint density at radius 2 is 1.74 bits per heavy atom. The molecule has 8 heteroatoms. The van der Waals surface area contributed by atoms with Crippen LogP contribution in [0.1, 0.15) is 12.5 Å². The molecule has 0 spiro atoms. The van der Waals surface area contributed by atoms with Gasteiger partial charge in [-0.2, -0.15) is 0 Å². The first-order valence-corrected chi connectivity index (χ1v) is 9.07. The Bertz CT molecular complexity index is 644. The minimum Gasteiger partial charge on any atom is -0.493 e. The van der Waals surface area contributed by atoms with E-state index in [1.54, 1.807) is 38.0 Å². The summed E-state index contributed by atoms with van der Waals surface area (Å²) in [6, 6.07) is 5.63. The van der Waals surface area contributed by atoms with E-state index in [1.165, 1.54) is 0 Å². The van der Waals surface area contributed by atoms with Gasteiger partial charge in [0.05, 0.1) is 27.4 Å². The highest BCUT2D eigenvalue weighted by Gasteiger charge is 2.24. The molecule has 1 aromatic rings. The number of carbonyl (C=O) groups excluding carboxylic acids is 2. The maximum atomic E-state index is 12.5. The Morgan fingerprint density at radius 3 is 2.33 bits per heavy atom. The summed E-state index contributed by atoms with van der Waals surface area (Å²) in [5.74, 6) is 1.34. The highest BCUT2D eigenvalue weighted by molar-refractivity contribution is 5.78. The Balaban J connectivity index is 1.83. The van der Waals surface area contributed by atoms with Gasteiger partial charge in [-0.25, -0.2) is 4.79 Å². The molecule has 1 saturated heterocycles. The molecule has 2 rings (SSSR count). The summed E-state index contributed by atoms with van der Waals surface area (Å²) >= 11 is 0. The first kappa shape index (κ1) is 20.8. The number of carbonyl (C=O) groups is 2. The van der Waals surface area contributed by atoms with Crippen LogP contribution in [0.3, 0.4) is 0 Å². The molecule has 1 fully saturated rings. The van der Waals surface area contributed by atoms with Crippen LogP contribution in [0.4, 0.5) is 4.79 Å². The van der Waals surface area contributed by atoms with Gasteiger partial charge in [-0.15, -0.1) is 0 Å². The molecule has 0 N–H and O–H groups in total. The number of nitrogens with zero attached hydrogens (tertiary/aromatic N) is 3. The fourth-order valence-electron chi connectivity index (χ4n) is 2.96. The van der Waals surface area contributed by atoms with Gasteiger partial charge in [0.1, 0.15) is 0 Å². The lowest BCUT2D eigenvalue weighted by atomic mass is 10.2. The lowest BCUT2D eigenvalue weighted by Crippen LogP contribution is -2.51. The van der Waals surface area contributed by atoms with E-state index in [0.717, 1.165) is 5.56 Å². The van der Waals surface area contributed by atoms with Crippen LogP contribution < -0.4 is 9.47 Å². The van der Waals surface area contributed by atoms with Crippen LogP contribution >= 0.6 is 0 Å². The van der Waals surface area contributed by atoms with Crippen molar-refractivity contribution in [1.82, 2.24) is 14.7 Å². The molecule has 1 aliphatic rings. The molecule has 27 heavy (non-hydrogen) atoms. The number of hydrogen-bond acceptors (Lipinski definition) is 6. The number of ether oxygens (including phenoxy) is 3. The summed E-state index contributed by atoms with van der Waals surface area (Å²) < 4.78 is 15.6. The molecule has 150 valence electrons. The van der Waals surface area contributed by atoms with Crippen LogP contribution in [0.5, 0.6) is 11.5 Å². The van der Waals surface area contributed by atoms with Crippen LogP contribution in [0.15, 0.2) is 18.2 Å². The van der Waals surface area contributed by atoms with E-state index in [9.17, 15) is 9.59 Å². The van der Waals surface area contributed by atoms with Gasteiger partial charge in [-0.05, 0) is 24.6 Å². The first-order chi connectivity index (χ1) is 13.0. The molecule has 2 amide bonds. The maximum absolute atomic E-state index is 12.5. The normalized spacial score (nSPS) is 14.6. The molecule has 0 aromatic heterocycles. The molecule has 8 nitrogen and oxygen atoms in total. The lowest BCUT2D eigenvalue weighted by Gasteiger charge is -2.34. The Kier molecular flexibility index (Phi) is 7.72. The third kappa shape index (κ3) is 5.75. The van der Waals surface area contributed by atoms with Crippen LogP contribution in [0.2, 0.25) is 0 Å². The summed E-state index contributed by atoms with van der Waals surface area (Å²) in [5, 5.41) is 0. The molecule has 0 saturated carbocycles. The minimum absolute atomic E-state index is 0.0365. The molecule has 1 aliphatic heterocycles. The van der Waals surface area contributed by atoms with Crippen molar-refractivity contribution in [3.63, 3.8) is 0 Å². The highest BCUT2D eigenvalue weighted by Crippen LogP contribution is 2.27. The van der Waals surface area contributed by atoms with Crippen molar-refractivity contribution in [1.29, 1.82) is 0 Å². The SMILES string of the molecule is CCOC(=O)N1CCN(CC(=O)N(C)Cc2ccc(OC)c(OC)c2)CC1. The summed E-state index contributed by atoms with van der Waals surface area (Å²) in [4.78, 5) is 29.7. The molecule has 1 heterocycles. The van der Waals surface area contributed by atoms with Crippen molar-refractivity contribution in [2.24, 2.45) is 0 Å².